The van der Waals surface area contributed by atoms with Crippen LogP contribution in [-0.4, -0.2) is 55.0 Å². The van der Waals surface area contributed by atoms with Crippen molar-refractivity contribution in [3.63, 3.8) is 0 Å². The largest absolute Gasteiger partial charge is 0.392 e. The normalized spacial score (nSPS) is 60.1. The fourth-order valence-electron chi connectivity index (χ4n) is 7.23. The highest BCUT2D eigenvalue weighted by Gasteiger charge is 2.72. The van der Waals surface area contributed by atoms with Crippen molar-refractivity contribution in [1.29, 1.82) is 0 Å². The molecule has 0 aromatic heterocycles. The molecule has 9 atom stereocenters. The van der Waals surface area contributed by atoms with Gasteiger partial charge in [0.1, 0.15) is 5.60 Å². The summed E-state index contributed by atoms with van der Waals surface area (Å²) < 4.78 is 0. The first-order valence-electron chi connectivity index (χ1n) is 9.57. The van der Waals surface area contributed by atoms with Crippen molar-refractivity contribution in [2.45, 2.75) is 82.4 Å². The maximum absolute atomic E-state index is 11.6. The number of fused-ring (bicyclic) bond motifs is 2. The highest BCUT2D eigenvalue weighted by atomic mass is 16.4. The molecule has 25 heavy (non-hydrogen) atoms. The Balaban J connectivity index is 1.85. The number of aliphatic hydroxyl groups is 5. The van der Waals surface area contributed by atoms with E-state index in [0.717, 1.165) is 12.0 Å². The van der Waals surface area contributed by atoms with E-state index in [1.54, 1.807) is 20.8 Å². The Morgan fingerprint density at radius 2 is 1.60 bits per heavy atom. The molecule has 2 bridgehead atoms. The summed E-state index contributed by atoms with van der Waals surface area (Å²) in [6.07, 6.45) is 0.0421. The maximum Gasteiger partial charge on any atom is 0.105 e. The Bertz CT molecular complexity index is 613. The zero-order valence-corrected chi connectivity index (χ0v) is 15.4. The lowest BCUT2D eigenvalue weighted by Crippen LogP contribution is -2.57. The van der Waals surface area contributed by atoms with Gasteiger partial charge in [-0.2, -0.15) is 0 Å². The monoisotopic (exact) mass is 352 g/mol. The van der Waals surface area contributed by atoms with Crippen molar-refractivity contribution in [3.05, 3.63) is 12.2 Å². The molecule has 0 aliphatic heterocycles. The number of hydrogen-bond donors (Lipinski definition) is 5. The molecular formula is C20H32O5. The summed E-state index contributed by atoms with van der Waals surface area (Å²) in [7, 11) is 0. The molecule has 0 heterocycles. The Hall–Kier alpha value is -0.460. The summed E-state index contributed by atoms with van der Waals surface area (Å²) in [5.41, 5.74) is -3.12. The van der Waals surface area contributed by atoms with Crippen LogP contribution in [0.1, 0.15) is 52.9 Å². The third kappa shape index (κ3) is 1.86. The molecule has 5 nitrogen and oxygen atoms in total. The van der Waals surface area contributed by atoms with Gasteiger partial charge in [-0.25, -0.2) is 0 Å². The first-order chi connectivity index (χ1) is 11.4. The molecule has 4 aliphatic rings. The van der Waals surface area contributed by atoms with Crippen LogP contribution in [0.4, 0.5) is 0 Å². The van der Waals surface area contributed by atoms with E-state index in [2.05, 4.69) is 6.58 Å². The van der Waals surface area contributed by atoms with E-state index in [0.29, 0.717) is 19.3 Å². The smallest absolute Gasteiger partial charge is 0.105 e. The number of rotatable bonds is 0. The van der Waals surface area contributed by atoms with E-state index in [9.17, 15) is 25.5 Å². The fourth-order valence-corrected chi connectivity index (χ4v) is 7.23. The second kappa shape index (κ2) is 4.87. The minimum absolute atomic E-state index is 0.0532. The Labute approximate surface area is 149 Å². The molecule has 1 unspecified atom stereocenters. The maximum atomic E-state index is 11.6. The van der Waals surface area contributed by atoms with Gasteiger partial charge < -0.3 is 25.5 Å². The van der Waals surface area contributed by atoms with Gasteiger partial charge in [0.05, 0.1) is 23.9 Å². The summed E-state index contributed by atoms with van der Waals surface area (Å²) >= 11 is 0. The number of aliphatic hydroxyl groups excluding tert-OH is 3. The predicted octanol–water partition coefficient (Wildman–Crippen LogP) is 0.974. The van der Waals surface area contributed by atoms with E-state index in [4.69, 9.17) is 0 Å². The standard InChI is InChI=1S/C20H32O5/c1-10-11-5-6-12-16(23)19(11,9-18(12,4)24)8-15(22)20(25)13(10)7-14(21)17(20,2)3/h11-16,21-25H,1,5-9H2,2-4H3/t11-,12+,13-,14-,15-,16?,18+,19-,20-/m0/s1. The van der Waals surface area contributed by atoms with Gasteiger partial charge in [0.25, 0.3) is 0 Å². The average molecular weight is 352 g/mol. The van der Waals surface area contributed by atoms with Gasteiger partial charge in [0.15, 0.2) is 0 Å². The molecule has 0 amide bonds. The van der Waals surface area contributed by atoms with E-state index < -0.39 is 46.3 Å². The Morgan fingerprint density at radius 1 is 0.960 bits per heavy atom. The van der Waals surface area contributed by atoms with Crippen molar-refractivity contribution in [1.82, 2.24) is 0 Å². The van der Waals surface area contributed by atoms with Gasteiger partial charge in [-0.05, 0) is 44.9 Å². The van der Waals surface area contributed by atoms with Crippen LogP contribution in [-0.2, 0) is 0 Å². The van der Waals surface area contributed by atoms with Gasteiger partial charge in [-0.3, -0.25) is 0 Å². The third-order valence-corrected chi connectivity index (χ3v) is 8.75. The predicted molar refractivity (Wildman–Crippen MR) is 92.5 cm³/mol. The fraction of sp³-hybridized carbons (Fsp3) is 0.900. The summed E-state index contributed by atoms with van der Waals surface area (Å²) in [5, 5.41) is 55.2. The molecule has 1 spiro atoms. The molecule has 0 aromatic carbocycles. The van der Waals surface area contributed by atoms with Crippen molar-refractivity contribution in [2.24, 2.45) is 28.6 Å². The molecule has 0 radical (unpaired) electrons. The van der Waals surface area contributed by atoms with Gasteiger partial charge in [0.2, 0.25) is 0 Å². The minimum Gasteiger partial charge on any atom is -0.392 e. The topological polar surface area (TPSA) is 101 Å². The van der Waals surface area contributed by atoms with Crippen molar-refractivity contribution in [2.75, 3.05) is 0 Å². The van der Waals surface area contributed by atoms with Gasteiger partial charge in [-0.1, -0.05) is 26.0 Å². The minimum atomic E-state index is -1.47. The molecule has 0 aromatic rings. The average Bonchev–Trinajstić information content (AvgIpc) is 2.71. The van der Waals surface area contributed by atoms with E-state index >= 15 is 0 Å². The van der Waals surface area contributed by atoms with Crippen LogP contribution in [0.3, 0.4) is 0 Å². The number of hydrogen-bond acceptors (Lipinski definition) is 5. The second-order valence-electron chi connectivity index (χ2n) is 10.1. The zero-order chi connectivity index (χ0) is 18.6. The second-order valence-corrected chi connectivity index (χ2v) is 10.1. The van der Waals surface area contributed by atoms with Gasteiger partial charge in [-0.15, -0.1) is 0 Å². The van der Waals surface area contributed by atoms with Crippen LogP contribution in [0.5, 0.6) is 0 Å². The third-order valence-electron chi connectivity index (χ3n) is 8.75. The first-order valence-corrected chi connectivity index (χ1v) is 9.57. The molecular weight excluding hydrogens is 320 g/mol. The molecule has 4 saturated carbocycles. The van der Waals surface area contributed by atoms with Crippen LogP contribution < -0.4 is 0 Å². The SMILES string of the molecule is C=C1[C@@H]2CC[C@@H]3C(O)[C@@]2(C[C@H](O)[C@@]2(O)[C@H]1C[C@H](O)C2(C)C)C[C@@]3(C)O. The van der Waals surface area contributed by atoms with Crippen LogP contribution in [0.2, 0.25) is 0 Å². The summed E-state index contributed by atoms with van der Waals surface area (Å²) in [4.78, 5) is 0. The zero-order valence-electron chi connectivity index (χ0n) is 15.4. The van der Waals surface area contributed by atoms with E-state index in [1.165, 1.54) is 0 Å². The molecule has 4 aliphatic carbocycles. The van der Waals surface area contributed by atoms with E-state index in [1.807, 2.05) is 0 Å². The first kappa shape index (κ1) is 17.9. The lowest BCUT2D eigenvalue weighted by atomic mass is 9.61. The van der Waals surface area contributed by atoms with Crippen molar-refractivity contribution >= 4 is 0 Å². The van der Waals surface area contributed by atoms with Crippen molar-refractivity contribution in [3.8, 4) is 0 Å². The van der Waals surface area contributed by atoms with Gasteiger partial charge >= 0.3 is 0 Å². The molecule has 142 valence electrons. The summed E-state index contributed by atoms with van der Waals surface area (Å²) in [6, 6.07) is 0. The van der Waals surface area contributed by atoms with Crippen LogP contribution in [0.25, 0.3) is 0 Å². The highest BCUT2D eigenvalue weighted by Crippen LogP contribution is 2.68. The Kier molecular flexibility index (Phi) is 3.49. The van der Waals surface area contributed by atoms with Crippen LogP contribution in [0, 0.1) is 28.6 Å². The van der Waals surface area contributed by atoms with Crippen LogP contribution >= 0.6 is 0 Å². The van der Waals surface area contributed by atoms with Crippen molar-refractivity contribution < 1.29 is 25.5 Å². The summed E-state index contributed by atoms with van der Waals surface area (Å²) in [5.74, 6) is -0.649. The molecule has 5 N–H and O–H groups in total. The molecule has 4 rings (SSSR count). The lowest BCUT2D eigenvalue weighted by molar-refractivity contribution is -0.174. The summed E-state index contributed by atoms with van der Waals surface area (Å²) in [6.45, 7) is 9.67. The van der Waals surface area contributed by atoms with Crippen LogP contribution in [0.15, 0.2) is 12.2 Å². The molecule has 4 fully saturated rings. The quantitative estimate of drug-likeness (QED) is 0.418. The Morgan fingerprint density at radius 3 is 2.24 bits per heavy atom. The van der Waals surface area contributed by atoms with Gasteiger partial charge in [0, 0.05) is 22.7 Å². The van der Waals surface area contributed by atoms with E-state index in [-0.39, 0.29) is 18.3 Å². The molecule has 0 saturated heterocycles. The molecule has 5 heteroatoms. The highest BCUT2D eigenvalue weighted by molar-refractivity contribution is 5.31. The lowest BCUT2D eigenvalue weighted by Gasteiger charge is -2.46.